The average Bonchev–Trinajstić information content (AvgIpc) is 3.14. The molecule has 2 aliphatic heterocycles. The van der Waals surface area contributed by atoms with Crippen LogP contribution in [0.1, 0.15) is 82.3 Å². The van der Waals surface area contributed by atoms with Crippen molar-refractivity contribution in [1.29, 1.82) is 0 Å². The molecule has 2 saturated heterocycles. The van der Waals surface area contributed by atoms with Crippen molar-refractivity contribution in [3.63, 3.8) is 0 Å². The summed E-state index contributed by atoms with van der Waals surface area (Å²) in [5, 5.41) is 13.7. The molecule has 1 spiro atoms. The van der Waals surface area contributed by atoms with Gasteiger partial charge in [-0.1, -0.05) is 13.0 Å². The predicted molar refractivity (Wildman–Crippen MR) is 111 cm³/mol. The van der Waals surface area contributed by atoms with Crippen LogP contribution in [-0.4, -0.2) is 28.9 Å². The van der Waals surface area contributed by atoms with Crippen LogP contribution in [0.15, 0.2) is 18.2 Å². The second-order valence-electron chi connectivity index (χ2n) is 11.0. The van der Waals surface area contributed by atoms with E-state index in [-0.39, 0.29) is 11.2 Å². The van der Waals surface area contributed by atoms with Crippen molar-refractivity contribution in [2.45, 2.75) is 94.8 Å². The number of aryl methyl sites for hydroxylation is 1. The van der Waals surface area contributed by atoms with Crippen molar-refractivity contribution in [3.05, 3.63) is 29.3 Å². The van der Waals surface area contributed by atoms with E-state index in [1.165, 1.54) is 62.5 Å². The maximum Gasteiger partial charge on any atom is 0.115 e. The molecule has 0 bridgehead atoms. The molecule has 0 aromatic heterocycles. The van der Waals surface area contributed by atoms with Crippen LogP contribution < -0.4 is 5.32 Å². The number of hydrogen-bond acceptors (Lipinski definition) is 3. The number of hydrogen-bond donors (Lipinski definition) is 2. The van der Waals surface area contributed by atoms with Crippen LogP contribution >= 0.6 is 0 Å². The number of phenolic OH excluding ortho intramolecular Hbond substituents is 1. The van der Waals surface area contributed by atoms with E-state index in [0.29, 0.717) is 23.1 Å². The number of rotatable bonds is 0. The number of benzene rings is 1. The molecule has 6 rings (SSSR count). The Morgan fingerprint density at radius 3 is 2.86 bits per heavy atom. The number of piperidine rings is 1. The summed E-state index contributed by atoms with van der Waals surface area (Å²) < 4.78 is 7.14. The minimum atomic E-state index is 0.0453. The van der Waals surface area contributed by atoms with Crippen LogP contribution in [-0.2, 0) is 11.2 Å². The molecular weight excluding hydrogens is 346 g/mol. The largest absolute Gasteiger partial charge is 0.508 e. The topological polar surface area (TPSA) is 41.5 Å². The van der Waals surface area contributed by atoms with Crippen molar-refractivity contribution in [2.75, 3.05) is 6.54 Å². The lowest BCUT2D eigenvalue weighted by molar-refractivity contribution is -0.172. The van der Waals surface area contributed by atoms with Gasteiger partial charge in [-0.2, -0.15) is 0 Å². The number of nitrogens with one attached hydrogen (secondary N) is 1. The van der Waals surface area contributed by atoms with Crippen LogP contribution in [0.2, 0.25) is 0 Å². The van der Waals surface area contributed by atoms with E-state index in [4.69, 9.17) is 4.74 Å². The lowest BCUT2D eigenvalue weighted by Crippen LogP contribution is -2.51. The summed E-state index contributed by atoms with van der Waals surface area (Å²) in [6.07, 6.45) is 11.3. The molecule has 0 amide bonds. The third-order valence-corrected chi connectivity index (χ3v) is 9.94. The molecule has 5 aliphatic rings. The fourth-order valence-corrected chi connectivity index (χ4v) is 8.50. The molecule has 3 aliphatic carbocycles. The average molecular weight is 382 g/mol. The van der Waals surface area contributed by atoms with Gasteiger partial charge in [0, 0.05) is 6.04 Å². The molecule has 2 N–H and O–H groups in total. The van der Waals surface area contributed by atoms with Gasteiger partial charge in [-0.05, 0) is 118 Å². The van der Waals surface area contributed by atoms with Gasteiger partial charge in [0.1, 0.15) is 5.75 Å². The Bertz CT molecular complexity index is 808. The Hall–Kier alpha value is -1.06. The molecule has 28 heavy (non-hydrogen) atoms. The van der Waals surface area contributed by atoms with E-state index in [1.54, 1.807) is 0 Å². The molecule has 1 aromatic carbocycles. The summed E-state index contributed by atoms with van der Waals surface area (Å²) in [5.74, 6) is 2.70. The van der Waals surface area contributed by atoms with E-state index < -0.39 is 0 Å². The third-order valence-electron chi connectivity index (χ3n) is 9.94. The van der Waals surface area contributed by atoms with Crippen molar-refractivity contribution in [3.8, 4) is 5.75 Å². The summed E-state index contributed by atoms with van der Waals surface area (Å²) in [7, 11) is 0. The second kappa shape index (κ2) is 5.76. The number of aromatic hydroxyl groups is 1. The molecule has 2 saturated carbocycles. The first-order chi connectivity index (χ1) is 13.4. The van der Waals surface area contributed by atoms with E-state index in [2.05, 4.69) is 25.2 Å². The van der Waals surface area contributed by atoms with Gasteiger partial charge >= 0.3 is 0 Å². The SMILES string of the molecule is C[C@@]12CCCN[C@H]1C[C@@]1(CC[C@H]3[C@@H]4CCc5cc(O)ccc5[C@H]4CC[C@@]31C)O2. The van der Waals surface area contributed by atoms with Crippen LogP contribution in [0.5, 0.6) is 5.75 Å². The lowest BCUT2D eigenvalue weighted by Gasteiger charge is -2.54. The molecule has 4 fully saturated rings. The summed E-state index contributed by atoms with van der Waals surface area (Å²) in [6.45, 7) is 6.13. The highest BCUT2D eigenvalue weighted by molar-refractivity contribution is 5.40. The summed E-state index contributed by atoms with van der Waals surface area (Å²) in [4.78, 5) is 0. The zero-order chi connectivity index (χ0) is 19.1. The van der Waals surface area contributed by atoms with Crippen molar-refractivity contribution < 1.29 is 9.84 Å². The molecular formula is C25H35NO2. The van der Waals surface area contributed by atoms with Crippen LogP contribution in [0.4, 0.5) is 0 Å². The van der Waals surface area contributed by atoms with Gasteiger partial charge < -0.3 is 15.2 Å². The van der Waals surface area contributed by atoms with Gasteiger partial charge in [-0.25, -0.2) is 0 Å². The zero-order valence-electron chi connectivity index (χ0n) is 17.5. The Morgan fingerprint density at radius 2 is 2.00 bits per heavy atom. The first-order valence-corrected chi connectivity index (χ1v) is 11.7. The maximum atomic E-state index is 9.92. The highest BCUT2D eigenvalue weighted by Crippen LogP contribution is 2.69. The third kappa shape index (κ3) is 2.18. The van der Waals surface area contributed by atoms with Crippen LogP contribution in [0, 0.1) is 17.3 Å². The highest BCUT2D eigenvalue weighted by atomic mass is 16.5. The summed E-state index contributed by atoms with van der Waals surface area (Å²) in [5.41, 5.74) is 3.40. The molecule has 7 atom stereocenters. The minimum Gasteiger partial charge on any atom is -0.508 e. The maximum absolute atomic E-state index is 9.92. The Labute approximate surface area is 169 Å². The molecule has 0 radical (unpaired) electrons. The highest BCUT2D eigenvalue weighted by Gasteiger charge is 2.68. The molecule has 3 heteroatoms. The molecule has 0 unspecified atom stereocenters. The fourth-order valence-electron chi connectivity index (χ4n) is 8.50. The van der Waals surface area contributed by atoms with Gasteiger partial charge in [0.15, 0.2) is 0 Å². The van der Waals surface area contributed by atoms with E-state index in [9.17, 15) is 5.11 Å². The van der Waals surface area contributed by atoms with Gasteiger partial charge in [0.2, 0.25) is 0 Å². The number of ether oxygens (including phenoxy) is 1. The summed E-state index contributed by atoms with van der Waals surface area (Å²) in [6, 6.07) is 6.69. The lowest BCUT2D eigenvalue weighted by atomic mass is 9.53. The molecule has 1 aromatic rings. The normalized spacial score (nSPS) is 49.4. The van der Waals surface area contributed by atoms with Crippen LogP contribution in [0.25, 0.3) is 0 Å². The molecule has 2 heterocycles. The number of fused-ring (bicyclic) bond motifs is 7. The minimum absolute atomic E-state index is 0.0453. The smallest absolute Gasteiger partial charge is 0.115 e. The number of phenols is 1. The van der Waals surface area contributed by atoms with E-state index in [0.717, 1.165) is 24.8 Å². The Kier molecular flexibility index (Phi) is 3.65. The van der Waals surface area contributed by atoms with Crippen molar-refractivity contribution >= 4 is 0 Å². The van der Waals surface area contributed by atoms with Gasteiger partial charge in [0.25, 0.3) is 0 Å². The van der Waals surface area contributed by atoms with Gasteiger partial charge in [-0.3, -0.25) is 0 Å². The van der Waals surface area contributed by atoms with Crippen molar-refractivity contribution in [1.82, 2.24) is 5.32 Å². The van der Waals surface area contributed by atoms with E-state index >= 15 is 0 Å². The summed E-state index contributed by atoms with van der Waals surface area (Å²) >= 11 is 0. The van der Waals surface area contributed by atoms with Gasteiger partial charge in [-0.15, -0.1) is 0 Å². The van der Waals surface area contributed by atoms with E-state index in [1.807, 2.05) is 12.1 Å². The fraction of sp³-hybridized carbons (Fsp3) is 0.760. The monoisotopic (exact) mass is 381 g/mol. The zero-order valence-corrected chi connectivity index (χ0v) is 17.5. The first kappa shape index (κ1) is 17.8. The Balaban J connectivity index is 1.33. The first-order valence-electron chi connectivity index (χ1n) is 11.7. The second-order valence-corrected chi connectivity index (χ2v) is 11.0. The van der Waals surface area contributed by atoms with Crippen molar-refractivity contribution in [2.24, 2.45) is 17.3 Å². The Morgan fingerprint density at radius 1 is 1.11 bits per heavy atom. The molecule has 3 nitrogen and oxygen atoms in total. The van der Waals surface area contributed by atoms with Gasteiger partial charge in [0.05, 0.1) is 11.2 Å². The quantitative estimate of drug-likeness (QED) is 0.670. The standard InChI is InChI=1S/C25H35NO2/c1-23-11-8-19-18-7-5-17(27)14-16(18)4-6-20(19)21(23)9-12-25(23)15-22-24(2,28-25)10-3-13-26-22/h5,7,14,19-22,26-27H,3-4,6,8-13,15H2,1-2H3/t19-,20-,21+,22+,23+,24-,25-/m1/s1. The molecule has 152 valence electrons. The predicted octanol–water partition coefficient (Wildman–Crippen LogP) is 4.92. The van der Waals surface area contributed by atoms with Crippen LogP contribution in [0.3, 0.4) is 0 Å².